The Morgan fingerprint density at radius 1 is 1.03 bits per heavy atom. The van der Waals surface area contributed by atoms with Gasteiger partial charge < -0.3 is 9.47 Å². The molecule has 0 bridgehead atoms. The first-order valence-electron chi connectivity index (χ1n) is 10.5. The number of rotatable bonds is 9. The summed E-state index contributed by atoms with van der Waals surface area (Å²) >= 11 is 7.31. The molecule has 10 heteroatoms. The molecule has 0 radical (unpaired) electrons. The third kappa shape index (κ3) is 6.00. The van der Waals surface area contributed by atoms with E-state index in [2.05, 4.69) is 20.7 Å². The van der Waals surface area contributed by atoms with Crippen LogP contribution in [0.3, 0.4) is 0 Å². The number of halogens is 1. The van der Waals surface area contributed by atoms with Crippen molar-refractivity contribution in [1.82, 2.24) is 20.2 Å². The molecule has 178 valence electrons. The fraction of sp³-hybridized carbons (Fsp3) is 0.120. The summed E-state index contributed by atoms with van der Waals surface area (Å²) in [5.74, 6) is 1.68. The minimum absolute atomic E-state index is 0.106. The van der Waals surface area contributed by atoms with Gasteiger partial charge >= 0.3 is 0 Å². The van der Waals surface area contributed by atoms with Crippen LogP contribution in [-0.4, -0.2) is 46.9 Å². The molecule has 0 saturated heterocycles. The predicted molar refractivity (Wildman–Crippen MR) is 138 cm³/mol. The topological polar surface area (TPSA) is 90.6 Å². The lowest BCUT2D eigenvalue weighted by Gasteiger charge is -2.10. The van der Waals surface area contributed by atoms with Gasteiger partial charge in [-0.15, -0.1) is 10.2 Å². The zero-order chi connectivity index (χ0) is 24.6. The lowest BCUT2D eigenvalue weighted by molar-refractivity contribution is -0.118. The quantitative estimate of drug-likeness (QED) is 0.198. The van der Waals surface area contributed by atoms with Crippen LogP contribution >= 0.6 is 23.4 Å². The number of thioether (sulfide) groups is 1. The minimum atomic E-state index is -0.276. The highest BCUT2D eigenvalue weighted by molar-refractivity contribution is 7.99. The first kappa shape index (κ1) is 24.3. The van der Waals surface area contributed by atoms with Gasteiger partial charge in [0.05, 0.1) is 26.2 Å². The van der Waals surface area contributed by atoms with Crippen molar-refractivity contribution in [1.29, 1.82) is 0 Å². The lowest BCUT2D eigenvalue weighted by Crippen LogP contribution is -2.20. The van der Waals surface area contributed by atoms with Gasteiger partial charge in [0.2, 0.25) is 0 Å². The van der Waals surface area contributed by atoms with E-state index >= 15 is 0 Å². The lowest BCUT2D eigenvalue weighted by atomic mass is 10.2. The second kappa shape index (κ2) is 11.5. The molecule has 0 saturated carbocycles. The molecule has 0 spiro atoms. The van der Waals surface area contributed by atoms with E-state index in [0.29, 0.717) is 27.5 Å². The van der Waals surface area contributed by atoms with Gasteiger partial charge in [-0.1, -0.05) is 41.6 Å². The molecule has 0 unspecified atom stereocenters. The SMILES string of the molecule is COc1ccc(/C=N\NC(=O)CSc2nnc(-c3ccc(Cl)cc3)n2-c2ccccc2)cc1OC. The molecule has 0 aliphatic rings. The van der Waals surface area contributed by atoms with Crippen molar-refractivity contribution in [2.45, 2.75) is 5.16 Å². The number of nitrogens with zero attached hydrogens (tertiary/aromatic N) is 4. The van der Waals surface area contributed by atoms with Crippen LogP contribution in [0.4, 0.5) is 0 Å². The van der Waals surface area contributed by atoms with Crippen LogP contribution in [0.2, 0.25) is 5.02 Å². The Hall–Kier alpha value is -3.82. The van der Waals surface area contributed by atoms with Gasteiger partial charge in [0.1, 0.15) is 0 Å². The highest BCUT2D eigenvalue weighted by Gasteiger charge is 2.17. The molecule has 4 aromatic rings. The van der Waals surface area contributed by atoms with Crippen LogP contribution in [0.25, 0.3) is 17.1 Å². The number of methoxy groups -OCH3 is 2. The zero-order valence-corrected chi connectivity index (χ0v) is 20.6. The molecule has 1 amide bonds. The van der Waals surface area contributed by atoms with E-state index in [1.165, 1.54) is 18.0 Å². The van der Waals surface area contributed by atoms with Gasteiger partial charge in [-0.25, -0.2) is 5.43 Å². The maximum Gasteiger partial charge on any atom is 0.250 e. The third-order valence-electron chi connectivity index (χ3n) is 4.89. The first-order chi connectivity index (χ1) is 17.1. The average molecular weight is 508 g/mol. The molecule has 35 heavy (non-hydrogen) atoms. The summed E-state index contributed by atoms with van der Waals surface area (Å²) in [6.45, 7) is 0. The molecule has 8 nitrogen and oxygen atoms in total. The van der Waals surface area contributed by atoms with E-state index in [-0.39, 0.29) is 11.7 Å². The van der Waals surface area contributed by atoms with Crippen LogP contribution in [0.1, 0.15) is 5.56 Å². The molecule has 1 N–H and O–H groups in total. The number of carbonyl (C=O) groups excluding carboxylic acids is 1. The number of ether oxygens (including phenoxy) is 2. The van der Waals surface area contributed by atoms with Crippen LogP contribution in [-0.2, 0) is 4.79 Å². The van der Waals surface area contributed by atoms with E-state index in [1.54, 1.807) is 38.5 Å². The number of aromatic nitrogens is 3. The van der Waals surface area contributed by atoms with Crippen molar-refractivity contribution in [3.8, 4) is 28.6 Å². The predicted octanol–water partition coefficient (Wildman–Crippen LogP) is 4.85. The number of hydrogen-bond acceptors (Lipinski definition) is 7. The molecule has 0 aliphatic carbocycles. The monoisotopic (exact) mass is 507 g/mol. The molecule has 3 aromatic carbocycles. The second-order valence-electron chi connectivity index (χ2n) is 7.18. The second-order valence-corrected chi connectivity index (χ2v) is 8.56. The standard InChI is InChI=1S/C25H22ClN5O3S/c1-33-21-13-8-17(14-22(21)34-2)15-27-28-23(32)16-35-25-30-29-24(18-9-11-19(26)12-10-18)31(25)20-6-4-3-5-7-20/h3-15H,16H2,1-2H3,(H,28,32)/b27-15-. The van der Waals surface area contributed by atoms with Crippen molar-refractivity contribution in [3.63, 3.8) is 0 Å². The smallest absolute Gasteiger partial charge is 0.250 e. The number of nitrogens with one attached hydrogen (secondary N) is 1. The Morgan fingerprint density at radius 3 is 2.49 bits per heavy atom. The number of hydrazone groups is 1. The molecule has 0 atom stereocenters. The largest absolute Gasteiger partial charge is 0.493 e. The summed E-state index contributed by atoms with van der Waals surface area (Å²) in [7, 11) is 3.13. The Balaban J connectivity index is 1.46. The van der Waals surface area contributed by atoms with Gasteiger partial charge in [-0.05, 0) is 60.2 Å². The highest BCUT2D eigenvalue weighted by Crippen LogP contribution is 2.29. The number of hydrogen-bond donors (Lipinski definition) is 1. The molecule has 1 aromatic heterocycles. The van der Waals surface area contributed by atoms with Crippen molar-refractivity contribution in [2.24, 2.45) is 5.10 Å². The van der Waals surface area contributed by atoms with E-state index in [0.717, 1.165) is 16.8 Å². The zero-order valence-electron chi connectivity index (χ0n) is 19.0. The summed E-state index contributed by atoms with van der Waals surface area (Å²) in [5.41, 5.74) is 5.04. The molecular weight excluding hydrogens is 486 g/mol. The van der Waals surface area contributed by atoms with E-state index in [9.17, 15) is 4.79 Å². The van der Waals surface area contributed by atoms with Gasteiger partial charge in [0.15, 0.2) is 22.5 Å². The van der Waals surface area contributed by atoms with E-state index in [4.69, 9.17) is 21.1 Å². The van der Waals surface area contributed by atoms with Gasteiger partial charge in [-0.3, -0.25) is 9.36 Å². The third-order valence-corrected chi connectivity index (χ3v) is 6.07. The number of amides is 1. The van der Waals surface area contributed by atoms with Gasteiger partial charge in [0.25, 0.3) is 5.91 Å². The van der Waals surface area contributed by atoms with Crippen molar-refractivity contribution < 1.29 is 14.3 Å². The maximum absolute atomic E-state index is 12.4. The first-order valence-corrected chi connectivity index (χ1v) is 11.9. The van der Waals surface area contributed by atoms with Crippen molar-refractivity contribution in [2.75, 3.05) is 20.0 Å². The molecule has 0 fully saturated rings. The Labute approximate surface area is 211 Å². The van der Waals surface area contributed by atoms with E-state index in [1.807, 2.05) is 53.1 Å². The minimum Gasteiger partial charge on any atom is -0.493 e. The summed E-state index contributed by atoms with van der Waals surface area (Å²) in [6.07, 6.45) is 1.54. The molecular formula is C25H22ClN5O3S. The Morgan fingerprint density at radius 2 is 1.77 bits per heavy atom. The summed E-state index contributed by atoms with van der Waals surface area (Å²) in [6, 6.07) is 22.5. The number of benzene rings is 3. The maximum atomic E-state index is 12.4. The van der Waals surface area contributed by atoms with E-state index < -0.39 is 0 Å². The highest BCUT2D eigenvalue weighted by atomic mass is 35.5. The van der Waals surface area contributed by atoms with Gasteiger partial charge in [0, 0.05) is 16.3 Å². The number of carbonyl (C=O) groups is 1. The van der Waals surface area contributed by atoms with Crippen LogP contribution in [0, 0.1) is 0 Å². The van der Waals surface area contributed by atoms with Crippen LogP contribution in [0.5, 0.6) is 11.5 Å². The molecule has 1 heterocycles. The number of para-hydroxylation sites is 1. The van der Waals surface area contributed by atoms with Crippen LogP contribution < -0.4 is 14.9 Å². The summed E-state index contributed by atoms with van der Waals surface area (Å²) in [5, 5.41) is 14.0. The van der Waals surface area contributed by atoms with Crippen molar-refractivity contribution in [3.05, 3.63) is 83.4 Å². The van der Waals surface area contributed by atoms with Crippen molar-refractivity contribution >= 4 is 35.5 Å². The molecule has 0 aliphatic heterocycles. The Bertz CT molecular complexity index is 1330. The average Bonchev–Trinajstić information content (AvgIpc) is 3.32. The molecule has 4 rings (SSSR count). The fourth-order valence-electron chi connectivity index (χ4n) is 3.23. The van der Waals surface area contributed by atoms with Crippen LogP contribution in [0.15, 0.2) is 83.1 Å². The Kier molecular flexibility index (Phi) is 8.02. The summed E-state index contributed by atoms with van der Waals surface area (Å²) < 4.78 is 12.4. The summed E-state index contributed by atoms with van der Waals surface area (Å²) in [4.78, 5) is 12.4. The normalized spacial score (nSPS) is 10.9. The fourth-order valence-corrected chi connectivity index (χ4v) is 4.10. The van der Waals surface area contributed by atoms with Gasteiger partial charge in [-0.2, -0.15) is 5.10 Å².